The molecule has 1 fully saturated rings. The molecular weight excluding hydrogens is 488 g/mol. The molecule has 2 aromatic heterocycles. The van der Waals surface area contributed by atoms with Crippen molar-refractivity contribution in [2.45, 2.75) is 45.6 Å². The number of nitrogens with zero attached hydrogens (tertiary/aromatic N) is 2. The van der Waals surface area contributed by atoms with Gasteiger partial charge in [0.25, 0.3) is 11.8 Å². The van der Waals surface area contributed by atoms with Crippen LogP contribution in [0.1, 0.15) is 64.4 Å². The Kier molecular flexibility index (Phi) is 7.77. The van der Waals surface area contributed by atoms with Gasteiger partial charge in [-0.1, -0.05) is 30.3 Å². The second-order valence-corrected chi connectivity index (χ2v) is 10.4. The Balaban J connectivity index is 1.20. The molecule has 7 nitrogen and oxygen atoms in total. The largest absolute Gasteiger partial charge is 0.472 e. The number of anilines is 2. The fourth-order valence-electron chi connectivity index (χ4n) is 4.97. The number of benzene rings is 2. The first-order valence-corrected chi connectivity index (χ1v) is 13.4. The molecule has 1 aliphatic rings. The zero-order valence-corrected chi connectivity index (χ0v) is 22.6. The highest BCUT2D eigenvalue weighted by atomic mass is 16.3. The van der Waals surface area contributed by atoms with Gasteiger partial charge < -0.3 is 20.0 Å². The number of carbonyl (C=O) groups excluding carboxylic acids is 2. The summed E-state index contributed by atoms with van der Waals surface area (Å²) in [5.74, 6) is 0.882. The molecular formula is C32H34N4O3. The number of aryl methyl sites for hydroxylation is 1. The molecule has 5 rings (SSSR count). The van der Waals surface area contributed by atoms with Gasteiger partial charge in [0.2, 0.25) is 0 Å². The van der Waals surface area contributed by atoms with Crippen molar-refractivity contribution in [3.8, 4) is 11.1 Å². The Morgan fingerprint density at radius 1 is 0.949 bits per heavy atom. The van der Waals surface area contributed by atoms with Gasteiger partial charge in [-0.05, 0) is 86.6 Å². The Labute approximate surface area is 229 Å². The summed E-state index contributed by atoms with van der Waals surface area (Å²) in [5, 5.41) is 6.16. The molecule has 0 aliphatic carbocycles. The minimum Gasteiger partial charge on any atom is -0.472 e. The number of rotatable bonds is 7. The van der Waals surface area contributed by atoms with E-state index in [1.54, 1.807) is 36.9 Å². The second kappa shape index (κ2) is 11.6. The number of nitrogens with one attached hydrogen (secondary N) is 2. The third-order valence-electron chi connectivity index (χ3n) is 7.21. The molecule has 2 amide bonds. The van der Waals surface area contributed by atoms with Crippen molar-refractivity contribution in [2.24, 2.45) is 0 Å². The predicted molar refractivity (Wildman–Crippen MR) is 154 cm³/mol. The Morgan fingerprint density at radius 3 is 2.33 bits per heavy atom. The number of likely N-dealkylation sites (tertiary alicyclic amines) is 1. The van der Waals surface area contributed by atoms with E-state index in [0.717, 1.165) is 35.3 Å². The van der Waals surface area contributed by atoms with Gasteiger partial charge in [-0.3, -0.25) is 9.59 Å². The third-order valence-corrected chi connectivity index (χ3v) is 7.21. The van der Waals surface area contributed by atoms with E-state index in [1.165, 1.54) is 5.56 Å². The van der Waals surface area contributed by atoms with Crippen molar-refractivity contribution in [1.82, 2.24) is 9.88 Å². The molecule has 0 spiro atoms. The lowest BCUT2D eigenvalue weighted by Gasteiger charge is -2.32. The molecule has 2 aromatic carbocycles. The first-order chi connectivity index (χ1) is 18.9. The fourth-order valence-corrected chi connectivity index (χ4v) is 4.97. The van der Waals surface area contributed by atoms with Crippen molar-refractivity contribution < 1.29 is 14.0 Å². The Bertz CT molecular complexity index is 1420. The smallest absolute Gasteiger partial charge is 0.257 e. The number of piperidine rings is 1. The number of aromatic nitrogens is 1. The van der Waals surface area contributed by atoms with E-state index in [1.807, 2.05) is 43.9 Å². The SMILES string of the molecule is Cc1ccc(C(=O)N2CCC(c3ccc(-c4ccoc4)cc3)CC2)cc1NC(=O)c1ccc(NC(C)C)nc1. The molecule has 1 aliphatic heterocycles. The lowest BCUT2D eigenvalue weighted by Crippen LogP contribution is -2.38. The quantitative estimate of drug-likeness (QED) is 0.281. The standard InChI is InChI=1S/C32H34N4O3/c1-21(2)34-30-11-10-27(19-33-30)31(37)35-29-18-26(5-4-22(29)3)32(38)36-15-12-25(13-16-36)23-6-8-24(9-7-23)28-14-17-39-20-28/h4-11,14,17-21,25H,12-13,15-16H2,1-3H3,(H,33,34)(H,35,37). The first kappa shape index (κ1) is 26.2. The van der Waals surface area contributed by atoms with Crippen LogP contribution in [0.15, 0.2) is 83.8 Å². The molecule has 0 saturated carbocycles. The zero-order valence-electron chi connectivity index (χ0n) is 22.6. The van der Waals surface area contributed by atoms with Crippen LogP contribution >= 0.6 is 0 Å². The van der Waals surface area contributed by atoms with Crippen LogP contribution in [-0.4, -0.2) is 40.8 Å². The van der Waals surface area contributed by atoms with Crippen LogP contribution in [0, 0.1) is 6.92 Å². The van der Waals surface area contributed by atoms with Gasteiger partial charge >= 0.3 is 0 Å². The lowest BCUT2D eigenvalue weighted by molar-refractivity contribution is 0.0712. The molecule has 2 N–H and O–H groups in total. The van der Waals surface area contributed by atoms with E-state index < -0.39 is 0 Å². The average molecular weight is 523 g/mol. The third kappa shape index (κ3) is 6.20. The highest BCUT2D eigenvalue weighted by molar-refractivity contribution is 6.05. The van der Waals surface area contributed by atoms with Crippen molar-refractivity contribution in [3.05, 3.63) is 102 Å². The van der Waals surface area contributed by atoms with Crippen molar-refractivity contribution in [1.29, 1.82) is 0 Å². The van der Waals surface area contributed by atoms with Gasteiger partial charge in [0.05, 0.1) is 18.1 Å². The summed E-state index contributed by atoms with van der Waals surface area (Å²) in [6.45, 7) is 7.38. The van der Waals surface area contributed by atoms with Crippen molar-refractivity contribution in [3.63, 3.8) is 0 Å². The van der Waals surface area contributed by atoms with Crippen molar-refractivity contribution in [2.75, 3.05) is 23.7 Å². The van der Waals surface area contributed by atoms with Crippen LogP contribution in [-0.2, 0) is 0 Å². The van der Waals surface area contributed by atoms with Gasteiger partial charge in [0.15, 0.2) is 0 Å². The van der Waals surface area contributed by atoms with E-state index >= 15 is 0 Å². The Morgan fingerprint density at radius 2 is 1.69 bits per heavy atom. The van der Waals surface area contributed by atoms with Gasteiger partial charge in [-0.2, -0.15) is 0 Å². The molecule has 0 radical (unpaired) electrons. The van der Waals surface area contributed by atoms with Gasteiger partial charge in [-0.15, -0.1) is 0 Å². The normalized spacial score (nSPS) is 13.9. The van der Waals surface area contributed by atoms with E-state index in [9.17, 15) is 9.59 Å². The molecule has 4 aromatic rings. The highest BCUT2D eigenvalue weighted by Crippen LogP contribution is 2.31. The molecule has 39 heavy (non-hydrogen) atoms. The van der Waals surface area contributed by atoms with E-state index in [0.29, 0.717) is 35.8 Å². The fraction of sp³-hybridized carbons (Fsp3) is 0.281. The first-order valence-electron chi connectivity index (χ1n) is 13.4. The monoisotopic (exact) mass is 522 g/mol. The summed E-state index contributed by atoms with van der Waals surface area (Å²) in [5.41, 5.74) is 6.07. The molecule has 0 bridgehead atoms. The summed E-state index contributed by atoms with van der Waals surface area (Å²) in [6, 6.07) is 19.9. The van der Waals surface area contributed by atoms with Crippen LogP contribution in [0.4, 0.5) is 11.5 Å². The zero-order chi connectivity index (χ0) is 27.4. The summed E-state index contributed by atoms with van der Waals surface area (Å²) >= 11 is 0. The van der Waals surface area contributed by atoms with Gasteiger partial charge in [0.1, 0.15) is 5.82 Å². The molecule has 7 heteroatoms. The van der Waals surface area contributed by atoms with Crippen LogP contribution < -0.4 is 10.6 Å². The molecule has 3 heterocycles. The average Bonchev–Trinajstić information content (AvgIpc) is 3.49. The summed E-state index contributed by atoms with van der Waals surface area (Å²) in [6.07, 6.45) is 6.82. The van der Waals surface area contributed by atoms with E-state index in [2.05, 4.69) is 39.9 Å². The minimum absolute atomic E-state index is 0.00923. The summed E-state index contributed by atoms with van der Waals surface area (Å²) in [4.78, 5) is 32.5. The molecule has 200 valence electrons. The van der Waals surface area contributed by atoms with Crippen LogP contribution in [0.3, 0.4) is 0 Å². The maximum Gasteiger partial charge on any atom is 0.257 e. The summed E-state index contributed by atoms with van der Waals surface area (Å²) < 4.78 is 5.19. The molecule has 0 unspecified atom stereocenters. The number of pyridine rings is 1. The number of furan rings is 1. The van der Waals surface area contributed by atoms with E-state index in [4.69, 9.17) is 4.42 Å². The number of amides is 2. The lowest BCUT2D eigenvalue weighted by atomic mass is 9.88. The number of carbonyl (C=O) groups is 2. The maximum absolute atomic E-state index is 13.4. The van der Waals surface area contributed by atoms with Gasteiger partial charge in [-0.25, -0.2) is 4.98 Å². The topological polar surface area (TPSA) is 87.5 Å². The predicted octanol–water partition coefficient (Wildman–Crippen LogP) is 6.74. The van der Waals surface area contributed by atoms with E-state index in [-0.39, 0.29) is 17.9 Å². The maximum atomic E-state index is 13.4. The molecule has 1 saturated heterocycles. The minimum atomic E-state index is -0.258. The number of hydrogen-bond donors (Lipinski definition) is 2. The van der Waals surface area contributed by atoms with Crippen molar-refractivity contribution >= 4 is 23.3 Å². The highest BCUT2D eigenvalue weighted by Gasteiger charge is 2.25. The second-order valence-electron chi connectivity index (χ2n) is 10.4. The van der Waals surface area contributed by atoms with Crippen LogP contribution in [0.2, 0.25) is 0 Å². The number of hydrogen-bond acceptors (Lipinski definition) is 5. The molecule has 0 atom stereocenters. The van der Waals surface area contributed by atoms with Gasteiger partial charge in [0, 0.05) is 42.1 Å². The summed E-state index contributed by atoms with van der Waals surface area (Å²) in [7, 11) is 0. The Hall–Kier alpha value is -4.39. The van der Waals surface area contributed by atoms with Crippen LogP contribution in [0.5, 0.6) is 0 Å². The van der Waals surface area contributed by atoms with Crippen LogP contribution in [0.25, 0.3) is 11.1 Å².